The number of halogens is 1. The third-order valence-corrected chi connectivity index (χ3v) is 4.23. The molecule has 126 valence electrons. The lowest BCUT2D eigenvalue weighted by molar-refractivity contribution is -0.0783. The van der Waals surface area contributed by atoms with Crippen LogP contribution in [-0.2, 0) is 4.74 Å². The molecule has 1 atom stereocenters. The number of benzene rings is 2. The highest BCUT2D eigenvalue weighted by Gasteiger charge is 2.38. The highest BCUT2D eigenvalue weighted by atomic mass is 19.1. The van der Waals surface area contributed by atoms with E-state index in [0.29, 0.717) is 13.2 Å². The lowest BCUT2D eigenvalue weighted by Gasteiger charge is -2.45. The van der Waals surface area contributed by atoms with Gasteiger partial charge in [0, 0.05) is 5.69 Å². The number of amides is 2. The standard InChI is InChI=1S/C19H21FN2O2/c1-19(2)13-24-17(14-8-10-15(20)11-9-14)12-22(19)18(23)21-16-6-4-3-5-7-16/h3-11,17H,12-13H2,1-2H3,(H,21,23). The predicted octanol–water partition coefficient (Wildman–Crippen LogP) is 4.21. The van der Waals surface area contributed by atoms with Gasteiger partial charge in [-0.15, -0.1) is 0 Å². The summed E-state index contributed by atoms with van der Waals surface area (Å²) < 4.78 is 19.0. The van der Waals surface area contributed by atoms with Gasteiger partial charge < -0.3 is 15.0 Å². The first-order valence-corrected chi connectivity index (χ1v) is 7.96. The Kier molecular flexibility index (Phi) is 4.53. The van der Waals surface area contributed by atoms with Crippen LogP contribution in [0.15, 0.2) is 54.6 Å². The molecule has 0 aliphatic carbocycles. The summed E-state index contributed by atoms with van der Waals surface area (Å²) in [5.41, 5.74) is 1.20. The van der Waals surface area contributed by atoms with Crippen molar-refractivity contribution >= 4 is 11.7 Å². The Morgan fingerprint density at radius 1 is 1.17 bits per heavy atom. The minimum atomic E-state index is -0.421. The van der Waals surface area contributed by atoms with E-state index in [2.05, 4.69) is 5.32 Å². The minimum Gasteiger partial charge on any atom is -0.369 e. The number of hydrogen-bond acceptors (Lipinski definition) is 2. The molecule has 1 aliphatic heterocycles. The molecule has 2 amide bonds. The maximum absolute atomic E-state index is 13.1. The lowest BCUT2D eigenvalue weighted by Crippen LogP contribution is -2.57. The van der Waals surface area contributed by atoms with Crippen LogP contribution in [0, 0.1) is 5.82 Å². The predicted molar refractivity (Wildman–Crippen MR) is 91.3 cm³/mol. The van der Waals surface area contributed by atoms with E-state index in [4.69, 9.17) is 4.74 Å². The van der Waals surface area contributed by atoms with Gasteiger partial charge in [0.15, 0.2) is 0 Å². The van der Waals surface area contributed by atoms with Crippen LogP contribution in [0.3, 0.4) is 0 Å². The third kappa shape index (κ3) is 3.57. The van der Waals surface area contributed by atoms with Gasteiger partial charge in [0.2, 0.25) is 0 Å². The number of hydrogen-bond donors (Lipinski definition) is 1. The van der Waals surface area contributed by atoms with Crippen molar-refractivity contribution in [2.24, 2.45) is 0 Å². The molecule has 3 rings (SSSR count). The summed E-state index contributed by atoms with van der Waals surface area (Å²) in [6.45, 7) is 4.77. The number of morpholine rings is 1. The molecule has 0 radical (unpaired) electrons. The van der Waals surface area contributed by atoms with Gasteiger partial charge in [0.25, 0.3) is 0 Å². The lowest BCUT2D eigenvalue weighted by atomic mass is 9.98. The maximum Gasteiger partial charge on any atom is 0.322 e. The Labute approximate surface area is 141 Å². The molecular formula is C19H21FN2O2. The molecule has 2 aromatic rings. The molecule has 4 nitrogen and oxygen atoms in total. The number of para-hydroxylation sites is 1. The second-order valence-electron chi connectivity index (χ2n) is 6.57. The van der Waals surface area contributed by atoms with Crippen molar-refractivity contribution in [2.75, 3.05) is 18.5 Å². The number of rotatable bonds is 2. The number of anilines is 1. The van der Waals surface area contributed by atoms with E-state index in [9.17, 15) is 9.18 Å². The fraction of sp³-hybridized carbons (Fsp3) is 0.316. The van der Waals surface area contributed by atoms with Gasteiger partial charge in [-0.05, 0) is 43.7 Å². The molecule has 0 bridgehead atoms. The van der Waals surface area contributed by atoms with Crippen LogP contribution in [-0.4, -0.2) is 29.6 Å². The van der Waals surface area contributed by atoms with Crippen molar-refractivity contribution in [1.82, 2.24) is 4.90 Å². The zero-order valence-electron chi connectivity index (χ0n) is 13.8. The molecule has 2 aromatic carbocycles. The summed E-state index contributed by atoms with van der Waals surface area (Å²) in [6, 6.07) is 15.4. The summed E-state index contributed by atoms with van der Waals surface area (Å²) in [5.74, 6) is -0.284. The Morgan fingerprint density at radius 2 is 1.83 bits per heavy atom. The van der Waals surface area contributed by atoms with Crippen LogP contribution >= 0.6 is 0 Å². The van der Waals surface area contributed by atoms with Crippen LogP contribution in [0.2, 0.25) is 0 Å². The van der Waals surface area contributed by atoms with Crippen molar-refractivity contribution in [3.8, 4) is 0 Å². The fourth-order valence-corrected chi connectivity index (χ4v) is 2.80. The molecule has 0 aromatic heterocycles. The van der Waals surface area contributed by atoms with Gasteiger partial charge in [0.1, 0.15) is 11.9 Å². The number of ether oxygens (including phenoxy) is 1. The zero-order valence-corrected chi connectivity index (χ0v) is 13.8. The first kappa shape index (κ1) is 16.5. The SMILES string of the molecule is CC1(C)COC(c2ccc(F)cc2)CN1C(=O)Nc1ccccc1. The van der Waals surface area contributed by atoms with Gasteiger partial charge in [-0.3, -0.25) is 0 Å². The number of nitrogens with zero attached hydrogens (tertiary/aromatic N) is 1. The average Bonchev–Trinajstić information content (AvgIpc) is 2.56. The normalized spacial score (nSPS) is 19.8. The summed E-state index contributed by atoms with van der Waals surface area (Å²) in [6.07, 6.45) is -0.264. The van der Waals surface area contributed by atoms with Crippen molar-refractivity contribution in [1.29, 1.82) is 0 Å². The summed E-state index contributed by atoms with van der Waals surface area (Å²) in [5, 5.41) is 2.92. The molecule has 1 N–H and O–H groups in total. The molecule has 1 unspecified atom stereocenters. The fourth-order valence-electron chi connectivity index (χ4n) is 2.80. The second-order valence-corrected chi connectivity index (χ2v) is 6.57. The largest absolute Gasteiger partial charge is 0.369 e. The van der Waals surface area contributed by atoms with Crippen molar-refractivity contribution in [2.45, 2.75) is 25.5 Å². The summed E-state index contributed by atoms with van der Waals surface area (Å²) in [7, 11) is 0. The smallest absolute Gasteiger partial charge is 0.322 e. The highest BCUT2D eigenvalue weighted by Crippen LogP contribution is 2.31. The van der Waals surface area contributed by atoms with E-state index in [1.807, 2.05) is 44.2 Å². The minimum absolute atomic E-state index is 0.165. The van der Waals surface area contributed by atoms with Crippen LogP contribution in [0.1, 0.15) is 25.5 Å². The van der Waals surface area contributed by atoms with E-state index >= 15 is 0 Å². The van der Waals surface area contributed by atoms with Crippen molar-refractivity contribution < 1.29 is 13.9 Å². The van der Waals surface area contributed by atoms with E-state index in [0.717, 1.165) is 11.3 Å². The van der Waals surface area contributed by atoms with Gasteiger partial charge >= 0.3 is 6.03 Å². The molecule has 1 aliphatic rings. The Hall–Kier alpha value is -2.40. The van der Waals surface area contributed by atoms with Crippen molar-refractivity contribution in [3.63, 3.8) is 0 Å². The molecule has 24 heavy (non-hydrogen) atoms. The first-order valence-electron chi connectivity index (χ1n) is 7.96. The molecule has 1 saturated heterocycles. The quantitative estimate of drug-likeness (QED) is 0.897. The van der Waals surface area contributed by atoms with Crippen LogP contribution in [0.5, 0.6) is 0 Å². The van der Waals surface area contributed by atoms with Crippen LogP contribution < -0.4 is 5.32 Å². The maximum atomic E-state index is 13.1. The van der Waals surface area contributed by atoms with E-state index < -0.39 is 5.54 Å². The Balaban J connectivity index is 1.76. The molecule has 0 spiro atoms. The Morgan fingerprint density at radius 3 is 2.50 bits per heavy atom. The zero-order chi connectivity index (χ0) is 17.2. The highest BCUT2D eigenvalue weighted by molar-refractivity contribution is 5.89. The number of carbonyl (C=O) groups excluding carboxylic acids is 1. The first-order chi connectivity index (χ1) is 11.5. The van der Waals surface area contributed by atoms with E-state index in [1.165, 1.54) is 12.1 Å². The van der Waals surface area contributed by atoms with Gasteiger partial charge in [0.05, 0.1) is 18.7 Å². The van der Waals surface area contributed by atoms with Crippen LogP contribution in [0.25, 0.3) is 0 Å². The number of carbonyl (C=O) groups is 1. The van der Waals surface area contributed by atoms with Gasteiger partial charge in [-0.25, -0.2) is 9.18 Å². The van der Waals surface area contributed by atoms with Crippen LogP contribution in [0.4, 0.5) is 14.9 Å². The third-order valence-electron chi connectivity index (χ3n) is 4.23. The Bertz CT molecular complexity index is 701. The van der Waals surface area contributed by atoms with Crippen molar-refractivity contribution in [3.05, 3.63) is 66.0 Å². The van der Waals surface area contributed by atoms with Gasteiger partial charge in [-0.1, -0.05) is 30.3 Å². The topological polar surface area (TPSA) is 41.6 Å². The molecule has 0 saturated carbocycles. The molecule has 1 heterocycles. The second kappa shape index (κ2) is 6.61. The average molecular weight is 328 g/mol. The molecule has 1 fully saturated rings. The molecular weight excluding hydrogens is 307 g/mol. The van der Waals surface area contributed by atoms with E-state index in [1.54, 1.807) is 17.0 Å². The number of nitrogens with one attached hydrogen (secondary N) is 1. The monoisotopic (exact) mass is 328 g/mol. The van der Waals surface area contributed by atoms with E-state index in [-0.39, 0.29) is 18.0 Å². The van der Waals surface area contributed by atoms with Gasteiger partial charge in [-0.2, -0.15) is 0 Å². The number of urea groups is 1. The molecule has 5 heteroatoms. The summed E-state index contributed by atoms with van der Waals surface area (Å²) in [4.78, 5) is 14.5. The summed E-state index contributed by atoms with van der Waals surface area (Å²) >= 11 is 0.